The first-order chi connectivity index (χ1) is 10.2. The summed E-state index contributed by atoms with van der Waals surface area (Å²) >= 11 is 0. The number of hydrogen-bond donors (Lipinski definition) is 0. The Bertz CT molecular complexity index is 525. The molecule has 0 saturated carbocycles. The summed E-state index contributed by atoms with van der Waals surface area (Å²) in [6, 6.07) is 8.81. The molecule has 0 bridgehead atoms. The Balaban J connectivity index is 2.18. The molecule has 0 amide bonds. The predicted molar refractivity (Wildman–Crippen MR) is 90.3 cm³/mol. The van der Waals surface area contributed by atoms with Crippen molar-refractivity contribution in [2.45, 2.75) is 27.7 Å². The first-order valence-electron chi connectivity index (χ1n) is 7.97. The zero-order chi connectivity index (χ0) is 15.2. The molecule has 0 unspecified atom stereocenters. The minimum atomic E-state index is 0.799. The average molecular weight is 287 g/mol. The summed E-state index contributed by atoms with van der Waals surface area (Å²) in [4.78, 5) is 2.36. The van der Waals surface area contributed by atoms with E-state index in [2.05, 4.69) is 67.5 Å². The van der Waals surface area contributed by atoms with E-state index >= 15 is 0 Å². The molecule has 0 atom stereocenters. The van der Waals surface area contributed by atoms with E-state index in [1.54, 1.807) is 0 Å². The third-order valence-corrected chi connectivity index (χ3v) is 4.10. The highest BCUT2D eigenvalue weighted by Crippen LogP contribution is 2.20. The van der Waals surface area contributed by atoms with E-state index in [-0.39, 0.29) is 0 Å². The summed E-state index contributed by atoms with van der Waals surface area (Å²) in [7, 11) is 0. The molecule has 3 heteroatoms. The second-order valence-electron chi connectivity index (χ2n) is 5.31. The van der Waals surface area contributed by atoms with Crippen LogP contribution < -0.4 is 4.90 Å². The third-order valence-electron chi connectivity index (χ3n) is 4.10. The van der Waals surface area contributed by atoms with Crippen molar-refractivity contribution in [1.82, 2.24) is 0 Å². The van der Waals surface area contributed by atoms with Crippen LogP contribution in [-0.2, 0) is 4.74 Å². The molecule has 1 aromatic carbocycles. The highest BCUT2D eigenvalue weighted by atomic mass is 16.5. The first kappa shape index (κ1) is 15.6. The van der Waals surface area contributed by atoms with Crippen LogP contribution in [0, 0.1) is 0 Å². The molecule has 0 fully saturated rings. The molecule has 1 heterocycles. The van der Waals surface area contributed by atoms with Crippen LogP contribution in [-0.4, -0.2) is 43.3 Å². The molecule has 1 aliphatic rings. The van der Waals surface area contributed by atoms with Crippen molar-refractivity contribution in [1.29, 1.82) is 0 Å². The lowest BCUT2D eigenvalue weighted by molar-refractivity contribution is -0.513. The minimum absolute atomic E-state index is 0.799. The van der Waals surface area contributed by atoms with Gasteiger partial charge in [0.15, 0.2) is 13.2 Å². The number of hydrogen-bond acceptors (Lipinski definition) is 2. The van der Waals surface area contributed by atoms with E-state index in [1.807, 2.05) is 0 Å². The normalized spacial score (nSPS) is 15.3. The molecule has 0 aliphatic carbocycles. The summed E-state index contributed by atoms with van der Waals surface area (Å²) < 4.78 is 7.97. The molecule has 0 radical (unpaired) electrons. The largest absolute Gasteiger partial charge is 0.438 e. The second kappa shape index (κ2) is 7.30. The van der Waals surface area contributed by atoms with Crippen LogP contribution in [0.25, 0.3) is 5.57 Å². The fourth-order valence-electron chi connectivity index (χ4n) is 2.70. The quantitative estimate of drug-likeness (QED) is 0.745. The summed E-state index contributed by atoms with van der Waals surface area (Å²) in [6.45, 7) is 13.6. The van der Waals surface area contributed by atoms with Crippen LogP contribution in [0.1, 0.15) is 33.3 Å². The van der Waals surface area contributed by atoms with Crippen molar-refractivity contribution in [3.63, 3.8) is 0 Å². The fourth-order valence-corrected chi connectivity index (χ4v) is 2.70. The summed E-state index contributed by atoms with van der Waals surface area (Å²) in [5.41, 5.74) is 3.79. The number of nitrogens with zero attached hydrogens (tertiary/aromatic N) is 2. The van der Waals surface area contributed by atoms with Gasteiger partial charge in [0.2, 0.25) is 0 Å². The van der Waals surface area contributed by atoms with Gasteiger partial charge in [-0.1, -0.05) is 12.1 Å². The Labute approximate surface area is 128 Å². The number of benzene rings is 1. The summed E-state index contributed by atoms with van der Waals surface area (Å²) in [6.07, 6.45) is 2.16. The van der Waals surface area contributed by atoms with Gasteiger partial charge in [-0.05, 0) is 51.0 Å². The SMILES string of the molecule is CCN(CC)c1ccc(/C(C)=C/C2=[N+](CC)CCO2)cc1. The minimum Gasteiger partial charge on any atom is -0.438 e. The molecule has 0 aromatic heterocycles. The highest BCUT2D eigenvalue weighted by Gasteiger charge is 2.20. The first-order valence-corrected chi connectivity index (χ1v) is 7.97. The zero-order valence-electron chi connectivity index (χ0n) is 13.7. The van der Waals surface area contributed by atoms with Crippen LogP contribution in [0.15, 0.2) is 30.3 Å². The zero-order valence-corrected chi connectivity index (χ0v) is 13.7. The van der Waals surface area contributed by atoms with Crippen molar-refractivity contribution in [3.05, 3.63) is 35.9 Å². The van der Waals surface area contributed by atoms with Crippen molar-refractivity contribution >= 4 is 17.2 Å². The van der Waals surface area contributed by atoms with E-state index in [4.69, 9.17) is 4.74 Å². The lowest BCUT2D eigenvalue weighted by atomic mass is 10.1. The summed E-state index contributed by atoms with van der Waals surface area (Å²) in [5, 5.41) is 0. The number of rotatable bonds is 6. The monoisotopic (exact) mass is 287 g/mol. The van der Waals surface area contributed by atoms with Crippen molar-refractivity contribution in [3.8, 4) is 0 Å². The Kier molecular flexibility index (Phi) is 5.43. The standard InChI is InChI=1S/C18H27N2O/c1-5-19(6-2)17-10-8-16(9-11-17)15(4)14-18-20(7-3)12-13-21-18/h8-11,14H,5-7,12-13H2,1-4H3/q+1. The molecule has 3 nitrogen and oxygen atoms in total. The molecule has 1 aliphatic heterocycles. The van der Waals surface area contributed by atoms with Gasteiger partial charge in [0.25, 0.3) is 0 Å². The van der Waals surface area contributed by atoms with Crippen LogP contribution in [0.4, 0.5) is 5.69 Å². The Morgan fingerprint density at radius 3 is 2.43 bits per heavy atom. The molecular weight excluding hydrogens is 260 g/mol. The lowest BCUT2D eigenvalue weighted by Gasteiger charge is -2.21. The number of anilines is 1. The predicted octanol–water partition coefficient (Wildman–Crippen LogP) is 3.40. The van der Waals surface area contributed by atoms with Crippen molar-refractivity contribution in [2.75, 3.05) is 37.7 Å². The van der Waals surface area contributed by atoms with E-state index < -0.39 is 0 Å². The topological polar surface area (TPSA) is 15.5 Å². The van der Waals surface area contributed by atoms with Crippen LogP contribution in [0.3, 0.4) is 0 Å². The number of likely N-dealkylation sites (N-methyl/N-ethyl adjacent to an activating group) is 1. The van der Waals surface area contributed by atoms with Gasteiger partial charge in [0, 0.05) is 18.8 Å². The van der Waals surface area contributed by atoms with Gasteiger partial charge in [0.1, 0.15) is 6.54 Å². The smallest absolute Gasteiger partial charge is 0.362 e. The van der Waals surface area contributed by atoms with Gasteiger partial charge < -0.3 is 9.64 Å². The second-order valence-corrected chi connectivity index (χ2v) is 5.31. The Hall–Kier alpha value is -1.77. The molecule has 0 N–H and O–H groups in total. The fraction of sp³-hybridized carbons (Fsp3) is 0.500. The molecule has 114 valence electrons. The van der Waals surface area contributed by atoms with Crippen molar-refractivity contribution in [2.24, 2.45) is 0 Å². The van der Waals surface area contributed by atoms with Gasteiger partial charge in [-0.3, -0.25) is 0 Å². The van der Waals surface area contributed by atoms with Crippen molar-refractivity contribution < 1.29 is 9.31 Å². The van der Waals surface area contributed by atoms with E-state index in [0.717, 1.165) is 38.7 Å². The van der Waals surface area contributed by atoms with Crippen LogP contribution in [0.2, 0.25) is 0 Å². The maximum Gasteiger partial charge on any atom is 0.362 e. The van der Waals surface area contributed by atoms with E-state index in [0.29, 0.717) is 0 Å². The average Bonchev–Trinajstić information content (AvgIpc) is 2.96. The van der Waals surface area contributed by atoms with E-state index in [9.17, 15) is 0 Å². The molecule has 2 rings (SSSR count). The maximum atomic E-state index is 5.70. The van der Waals surface area contributed by atoms with Crippen LogP contribution in [0.5, 0.6) is 0 Å². The van der Waals surface area contributed by atoms with Gasteiger partial charge >= 0.3 is 5.90 Å². The molecular formula is C18H27N2O+. The summed E-state index contributed by atoms with van der Waals surface area (Å²) in [5.74, 6) is 1.00. The number of ether oxygens (including phenoxy) is 1. The maximum absolute atomic E-state index is 5.70. The van der Waals surface area contributed by atoms with Gasteiger partial charge in [-0.25, -0.2) is 0 Å². The molecule has 21 heavy (non-hydrogen) atoms. The van der Waals surface area contributed by atoms with Crippen LogP contribution >= 0.6 is 0 Å². The molecule has 0 saturated heterocycles. The third kappa shape index (κ3) is 3.66. The molecule has 0 spiro atoms. The number of allylic oxidation sites excluding steroid dienone is 1. The molecule has 1 aromatic rings. The van der Waals surface area contributed by atoms with E-state index in [1.165, 1.54) is 16.8 Å². The Morgan fingerprint density at radius 2 is 1.86 bits per heavy atom. The highest BCUT2D eigenvalue weighted by molar-refractivity contribution is 5.92. The van der Waals surface area contributed by atoms with Gasteiger partial charge in [-0.15, -0.1) is 0 Å². The van der Waals surface area contributed by atoms with Gasteiger partial charge in [-0.2, -0.15) is 4.58 Å². The lowest BCUT2D eigenvalue weighted by Crippen LogP contribution is -2.21. The Morgan fingerprint density at radius 1 is 1.19 bits per heavy atom. The van der Waals surface area contributed by atoms with Gasteiger partial charge in [0.05, 0.1) is 6.08 Å².